The third-order valence-corrected chi connectivity index (χ3v) is 2.77. The van der Waals surface area contributed by atoms with Gasteiger partial charge in [-0.05, 0) is 0 Å². The summed E-state index contributed by atoms with van der Waals surface area (Å²) in [4.78, 5) is 13.7. The summed E-state index contributed by atoms with van der Waals surface area (Å²) < 4.78 is 5.03. The highest BCUT2D eigenvalue weighted by Gasteiger charge is 2.26. The molecule has 0 spiro atoms. The summed E-state index contributed by atoms with van der Waals surface area (Å²) in [5.74, 6) is -0.133. The standard InChI is InChI=1S/C10H16N4O2/c1-11-10(15)9-7-5-14(3-4-16-2)6-8(7)12-13-9/h3-6H2,1-2H3,(H,11,15)(H,12,13). The van der Waals surface area contributed by atoms with E-state index in [0.29, 0.717) is 12.3 Å². The number of hydrogen-bond donors (Lipinski definition) is 2. The van der Waals surface area contributed by atoms with Gasteiger partial charge in [0.1, 0.15) is 0 Å². The molecule has 0 aromatic carbocycles. The summed E-state index contributed by atoms with van der Waals surface area (Å²) in [6.45, 7) is 3.14. The molecule has 1 aliphatic heterocycles. The first kappa shape index (κ1) is 11.1. The van der Waals surface area contributed by atoms with Gasteiger partial charge in [-0.1, -0.05) is 0 Å². The third-order valence-electron chi connectivity index (χ3n) is 2.77. The molecule has 1 aliphatic rings. The minimum Gasteiger partial charge on any atom is -0.383 e. The van der Waals surface area contributed by atoms with Crippen LogP contribution in [0.4, 0.5) is 0 Å². The van der Waals surface area contributed by atoms with Crippen LogP contribution in [0.5, 0.6) is 0 Å². The summed E-state index contributed by atoms with van der Waals surface area (Å²) >= 11 is 0. The molecular weight excluding hydrogens is 208 g/mol. The van der Waals surface area contributed by atoms with E-state index in [4.69, 9.17) is 4.74 Å². The van der Waals surface area contributed by atoms with Gasteiger partial charge in [0.2, 0.25) is 0 Å². The fourth-order valence-corrected chi connectivity index (χ4v) is 1.89. The van der Waals surface area contributed by atoms with Gasteiger partial charge in [0, 0.05) is 39.4 Å². The second-order valence-electron chi connectivity index (χ2n) is 3.81. The first-order valence-electron chi connectivity index (χ1n) is 5.25. The summed E-state index contributed by atoms with van der Waals surface area (Å²) in [7, 11) is 3.30. The number of H-pyrrole nitrogens is 1. The van der Waals surface area contributed by atoms with Crippen molar-refractivity contribution < 1.29 is 9.53 Å². The number of fused-ring (bicyclic) bond motifs is 1. The van der Waals surface area contributed by atoms with Crippen LogP contribution in [0.3, 0.4) is 0 Å². The molecule has 1 aromatic rings. The number of aromatic amines is 1. The van der Waals surface area contributed by atoms with E-state index in [1.165, 1.54) is 0 Å². The number of nitrogens with one attached hydrogen (secondary N) is 2. The molecule has 2 heterocycles. The maximum atomic E-state index is 11.5. The van der Waals surface area contributed by atoms with E-state index in [1.54, 1.807) is 14.2 Å². The molecule has 0 unspecified atom stereocenters. The molecule has 0 aliphatic carbocycles. The quantitative estimate of drug-likeness (QED) is 0.738. The van der Waals surface area contributed by atoms with E-state index in [2.05, 4.69) is 20.4 Å². The van der Waals surface area contributed by atoms with Crippen molar-refractivity contribution in [3.63, 3.8) is 0 Å². The predicted octanol–water partition coefficient (Wildman–Crippen LogP) is -0.269. The molecule has 6 heteroatoms. The van der Waals surface area contributed by atoms with Crippen LogP contribution < -0.4 is 5.32 Å². The molecule has 16 heavy (non-hydrogen) atoms. The number of amides is 1. The van der Waals surface area contributed by atoms with Crippen LogP contribution in [-0.4, -0.2) is 48.3 Å². The van der Waals surface area contributed by atoms with Crippen molar-refractivity contribution >= 4 is 5.91 Å². The molecule has 88 valence electrons. The number of carbonyl (C=O) groups excluding carboxylic acids is 1. The smallest absolute Gasteiger partial charge is 0.271 e. The second-order valence-corrected chi connectivity index (χ2v) is 3.81. The predicted molar refractivity (Wildman–Crippen MR) is 58.0 cm³/mol. The minimum atomic E-state index is -0.133. The van der Waals surface area contributed by atoms with E-state index >= 15 is 0 Å². The second kappa shape index (κ2) is 4.63. The number of hydrogen-bond acceptors (Lipinski definition) is 4. The Morgan fingerprint density at radius 2 is 2.44 bits per heavy atom. The highest BCUT2D eigenvalue weighted by molar-refractivity contribution is 5.93. The van der Waals surface area contributed by atoms with E-state index < -0.39 is 0 Å². The van der Waals surface area contributed by atoms with E-state index in [-0.39, 0.29) is 5.91 Å². The molecule has 0 fully saturated rings. The Morgan fingerprint density at radius 3 is 3.12 bits per heavy atom. The fraction of sp³-hybridized carbons (Fsp3) is 0.600. The number of nitrogens with zero attached hydrogens (tertiary/aromatic N) is 2. The van der Waals surface area contributed by atoms with Crippen molar-refractivity contribution in [2.75, 3.05) is 27.3 Å². The molecule has 0 saturated heterocycles. The van der Waals surface area contributed by atoms with Crippen LogP contribution in [0, 0.1) is 0 Å². The van der Waals surface area contributed by atoms with Crippen molar-refractivity contribution in [3.05, 3.63) is 17.0 Å². The van der Waals surface area contributed by atoms with Crippen molar-refractivity contribution in [1.29, 1.82) is 0 Å². The lowest BCUT2D eigenvalue weighted by molar-refractivity contribution is 0.0956. The van der Waals surface area contributed by atoms with Gasteiger partial charge in [0.05, 0.1) is 12.3 Å². The van der Waals surface area contributed by atoms with Crippen molar-refractivity contribution in [2.24, 2.45) is 0 Å². The SMILES string of the molecule is CNC(=O)c1n[nH]c2c1CN(CCOC)C2. The normalized spacial score (nSPS) is 15.1. The molecule has 1 aromatic heterocycles. The van der Waals surface area contributed by atoms with Crippen LogP contribution in [0.25, 0.3) is 0 Å². The van der Waals surface area contributed by atoms with Gasteiger partial charge in [0.15, 0.2) is 5.69 Å². The highest BCUT2D eigenvalue weighted by Crippen LogP contribution is 2.23. The molecule has 0 atom stereocenters. The molecule has 0 saturated carbocycles. The molecular formula is C10H16N4O2. The monoisotopic (exact) mass is 224 g/mol. The van der Waals surface area contributed by atoms with Gasteiger partial charge in [-0.3, -0.25) is 14.8 Å². The fourth-order valence-electron chi connectivity index (χ4n) is 1.89. The first-order chi connectivity index (χ1) is 7.76. The number of ether oxygens (including phenoxy) is 1. The minimum absolute atomic E-state index is 0.133. The molecule has 2 N–H and O–H groups in total. The molecule has 6 nitrogen and oxygen atoms in total. The molecule has 2 rings (SSSR count). The van der Waals surface area contributed by atoms with E-state index in [1.807, 2.05) is 0 Å². The topological polar surface area (TPSA) is 70.2 Å². The van der Waals surface area contributed by atoms with Gasteiger partial charge in [-0.25, -0.2) is 0 Å². The van der Waals surface area contributed by atoms with Crippen molar-refractivity contribution in [2.45, 2.75) is 13.1 Å². The Morgan fingerprint density at radius 1 is 1.62 bits per heavy atom. The van der Waals surface area contributed by atoms with E-state index in [9.17, 15) is 4.79 Å². The molecule has 0 radical (unpaired) electrons. The average Bonchev–Trinajstić information content (AvgIpc) is 2.84. The van der Waals surface area contributed by atoms with Crippen LogP contribution in [0.15, 0.2) is 0 Å². The summed E-state index contributed by atoms with van der Waals surface area (Å²) in [6, 6.07) is 0. The van der Waals surface area contributed by atoms with Crippen LogP contribution in [0.1, 0.15) is 21.7 Å². The number of carbonyl (C=O) groups is 1. The maximum absolute atomic E-state index is 11.5. The van der Waals surface area contributed by atoms with Crippen LogP contribution in [-0.2, 0) is 17.8 Å². The number of rotatable bonds is 4. The van der Waals surface area contributed by atoms with Gasteiger partial charge in [0.25, 0.3) is 5.91 Å². The zero-order chi connectivity index (χ0) is 11.5. The average molecular weight is 224 g/mol. The Kier molecular flexibility index (Phi) is 3.21. The van der Waals surface area contributed by atoms with Gasteiger partial charge in [-0.2, -0.15) is 5.10 Å². The lowest BCUT2D eigenvalue weighted by Crippen LogP contribution is -2.24. The zero-order valence-corrected chi connectivity index (χ0v) is 9.54. The number of methoxy groups -OCH3 is 1. The Bertz CT molecular complexity index is 388. The highest BCUT2D eigenvalue weighted by atomic mass is 16.5. The van der Waals surface area contributed by atoms with Crippen molar-refractivity contribution in [3.8, 4) is 0 Å². The van der Waals surface area contributed by atoms with E-state index in [0.717, 1.165) is 30.9 Å². The zero-order valence-electron chi connectivity index (χ0n) is 9.54. The van der Waals surface area contributed by atoms with Crippen LogP contribution in [0.2, 0.25) is 0 Å². The van der Waals surface area contributed by atoms with Gasteiger partial charge in [-0.15, -0.1) is 0 Å². The molecule has 1 amide bonds. The Hall–Kier alpha value is -1.40. The van der Waals surface area contributed by atoms with Crippen molar-refractivity contribution in [1.82, 2.24) is 20.4 Å². The summed E-state index contributed by atoms with van der Waals surface area (Å²) in [5, 5.41) is 9.53. The Labute approximate surface area is 94.0 Å². The first-order valence-corrected chi connectivity index (χ1v) is 5.25. The largest absolute Gasteiger partial charge is 0.383 e. The lowest BCUT2D eigenvalue weighted by atomic mass is 10.2. The lowest BCUT2D eigenvalue weighted by Gasteiger charge is -2.13. The van der Waals surface area contributed by atoms with Crippen LogP contribution >= 0.6 is 0 Å². The number of aromatic nitrogens is 2. The summed E-state index contributed by atoms with van der Waals surface area (Å²) in [6.07, 6.45) is 0. The van der Waals surface area contributed by atoms with Gasteiger partial charge < -0.3 is 10.1 Å². The van der Waals surface area contributed by atoms with Gasteiger partial charge >= 0.3 is 0 Å². The maximum Gasteiger partial charge on any atom is 0.271 e. The Balaban J connectivity index is 2.07. The summed E-state index contributed by atoms with van der Waals surface area (Å²) in [5.41, 5.74) is 2.56. The molecule has 0 bridgehead atoms. The third kappa shape index (κ3) is 1.94.